The molecular formula is C62H48N2. The van der Waals surface area contributed by atoms with Crippen LogP contribution in [0.2, 0.25) is 0 Å². The predicted octanol–water partition coefficient (Wildman–Crippen LogP) is 16.1. The van der Waals surface area contributed by atoms with Crippen LogP contribution in [0.15, 0.2) is 255 Å². The maximum Gasteiger partial charge on any atom is 0.0714 e. The fourth-order valence-electron chi connectivity index (χ4n) is 10.2. The van der Waals surface area contributed by atoms with Crippen molar-refractivity contribution >= 4 is 34.0 Å². The van der Waals surface area contributed by atoms with Gasteiger partial charge in [0.15, 0.2) is 0 Å². The molecule has 0 aromatic heterocycles. The molecule has 9 aromatic rings. The van der Waals surface area contributed by atoms with Gasteiger partial charge in [0.2, 0.25) is 0 Å². The zero-order valence-electron chi connectivity index (χ0n) is 35.9. The Morgan fingerprint density at radius 1 is 0.453 bits per heavy atom. The van der Waals surface area contributed by atoms with Gasteiger partial charge >= 0.3 is 0 Å². The van der Waals surface area contributed by atoms with Crippen molar-refractivity contribution in [2.75, 3.05) is 16.3 Å². The lowest BCUT2D eigenvalue weighted by Gasteiger charge is -2.35. The summed E-state index contributed by atoms with van der Waals surface area (Å²) >= 11 is 0. The van der Waals surface area contributed by atoms with E-state index in [9.17, 15) is 0 Å². The highest BCUT2D eigenvalue weighted by Gasteiger charge is 2.46. The first kappa shape index (κ1) is 38.9. The molecule has 9 aromatic carbocycles. The van der Waals surface area contributed by atoms with Gasteiger partial charge in [0.05, 0.1) is 5.41 Å². The maximum absolute atomic E-state index is 2.45. The molecule has 64 heavy (non-hydrogen) atoms. The van der Waals surface area contributed by atoms with Gasteiger partial charge in [-0.05, 0) is 116 Å². The smallest absolute Gasteiger partial charge is 0.0714 e. The van der Waals surface area contributed by atoms with Gasteiger partial charge in [0.25, 0.3) is 0 Å². The number of para-hydroxylation sites is 2. The molecule has 0 bridgehead atoms. The fourth-order valence-corrected chi connectivity index (χ4v) is 10.2. The highest BCUT2D eigenvalue weighted by molar-refractivity contribution is 5.90. The zero-order chi connectivity index (χ0) is 42.9. The third kappa shape index (κ3) is 6.85. The first-order valence-corrected chi connectivity index (χ1v) is 22.4. The van der Waals surface area contributed by atoms with Crippen molar-refractivity contribution in [1.82, 2.24) is 0 Å². The third-order valence-electron chi connectivity index (χ3n) is 13.2. The van der Waals surface area contributed by atoms with E-state index in [0.717, 1.165) is 23.6 Å². The molecule has 11 rings (SSSR count). The molecule has 0 fully saturated rings. The number of rotatable bonds is 8. The van der Waals surface area contributed by atoms with E-state index in [1.165, 1.54) is 72.6 Å². The van der Waals surface area contributed by atoms with Gasteiger partial charge in [-0.15, -0.1) is 0 Å². The molecule has 2 aliphatic rings. The number of hydrogen-bond acceptors (Lipinski definition) is 2. The number of hydrogen-bond donors (Lipinski definition) is 0. The first-order valence-electron chi connectivity index (χ1n) is 22.4. The monoisotopic (exact) mass is 820 g/mol. The average Bonchev–Trinajstić information content (AvgIpc) is 3.70. The second kappa shape index (κ2) is 16.7. The van der Waals surface area contributed by atoms with Gasteiger partial charge in [0, 0.05) is 40.9 Å². The van der Waals surface area contributed by atoms with E-state index in [0.29, 0.717) is 0 Å². The molecule has 0 amide bonds. The zero-order valence-corrected chi connectivity index (χ0v) is 35.9. The van der Waals surface area contributed by atoms with Crippen molar-refractivity contribution in [1.29, 1.82) is 0 Å². The Hall–Kier alpha value is -7.94. The van der Waals surface area contributed by atoms with E-state index < -0.39 is 5.41 Å². The van der Waals surface area contributed by atoms with Gasteiger partial charge in [-0.3, -0.25) is 0 Å². The highest BCUT2D eigenvalue weighted by Crippen LogP contribution is 2.57. The second-order valence-electron chi connectivity index (χ2n) is 16.9. The summed E-state index contributed by atoms with van der Waals surface area (Å²) in [5, 5.41) is 0. The Morgan fingerprint density at radius 3 is 1.64 bits per heavy atom. The summed E-state index contributed by atoms with van der Waals surface area (Å²) in [4.78, 5) is 4.84. The highest BCUT2D eigenvalue weighted by atomic mass is 15.1. The van der Waals surface area contributed by atoms with Crippen molar-refractivity contribution in [3.8, 4) is 22.3 Å². The van der Waals surface area contributed by atoms with Crippen LogP contribution in [0.3, 0.4) is 0 Å². The molecule has 1 atom stereocenters. The van der Waals surface area contributed by atoms with Gasteiger partial charge < -0.3 is 9.80 Å². The van der Waals surface area contributed by atoms with Crippen LogP contribution in [0, 0.1) is 0 Å². The fraction of sp³-hybridized carbons (Fsp3) is 0.0645. The van der Waals surface area contributed by atoms with Crippen LogP contribution in [0.25, 0.3) is 27.8 Å². The number of benzene rings is 9. The first-order chi connectivity index (χ1) is 31.7. The lowest BCUT2D eigenvalue weighted by molar-refractivity contribution is 0.768. The third-order valence-corrected chi connectivity index (χ3v) is 13.2. The van der Waals surface area contributed by atoms with Crippen molar-refractivity contribution < 1.29 is 0 Å². The minimum Gasteiger partial charge on any atom is -0.337 e. The summed E-state index contributed by atoms with van der Waals surface area (Å²) in [6.45, 7) is 3.08. The van der Waals surface area contributed by atoms with E-state index in [-0.39, 0.29) is 5.92 Å². The van der Waals surface area contributed by atoms with Gasteiger partial charge in [-0.25, -0.2) is 0 Å². The van der Waals surface area contributed by atoms with Crippen LogP contribution < -0.4 is 9.80 Å². The Kier molecular flexibility index (Phi) is 10.2. The molecule has 0 saturated carbocycles. The van der Waals surface area contributed by atoms with Crippen molar-refractivity contribution in [3.05, 3.63) is 288 Å². The molecule has 0 saturated heterocycles. The van der Waals surface area contributed by atoms with Crippen LogP contribution in [0.5, 0.6) is 0 Å². The van der Waals surface area contributed by atoms with E-state index >= 15 is 0 Å². The molecule has 1 aliphatic heterocycles. The number of nitrogens with zero attached hydrogens (tertiary/aromatic N) is 2. The molecule has 1 unspecified atom stereocenters. The Balaban J connectivity index is 1.04. The van der Waals surface area contributed by atoms with Crippen molar-refractivity contribution in [2.45, 2.75) is 18.3 Å². The molecule has 0 radical (unpaired) electrons. The predicted molar refractivity (Wildman–Crippen MR) is 269 cm³/mol. The Bertz CT molecular complexity index is 3080. The van der Waals surface area contributed by atoms with Crippen LogP contribution in [-0.4, -0.2) is 6.54 Å². The van der Waals surface area contributed by atoms with Crippen molar-refractivity contribution in [3.63, 3.8) is 0 Å². The van der Waals surface area contributed by atoms with E-state index in [1.807, 2.05) is 0 Å². The average molecular weight is 821 g/mol. The van der Waals surface area contributed by atoms with Crippen LogP contribution >= 0.6 is 0 Å². The van der Waals surface area contributed by atoms with Crippen LogP contribution in [0.4, 0.5) is 28.4 Å². The minimum atomic E-state index is -0.502. The molecule has 2 nitrogen and oxygen atoms in total. The van der Waals surface area contributed by atoms with E-state index in [2.05, 4.69) is 272 Å². The number of anilines is 5. The standard InChI is InChI=1S/C62H48N2/c1-45-43-49(21-18-42-63(52-26-12-5-13-27-52)61-31-17-15-28-56(45)61)48-34-38-54(39-35-48)64(53-36-32-47(33-37-53)46-19-6-2-7-20-46)55-40-41-58-57-29-14-16-30-59(57)62(60(58)44-55,50-22-8-3-9-23-50)51-24-10-4-11-25-51/h2-41,43-45H,42H2,1H3/b21-18-,49-43+. The molecular weight excluding hydrogens is 773 g/mol. The summed E-state index contributed by atoms with van der Waals surface area (Å²) in [5.41, 5.74) is 19.0. The normalized spacial score (nSPS) is 16.2. The van der Waals surface area contributed by atoms with E-state index in [4.69, 9.17) is 0 Å². The van der Waals surface area contributed by atoms with Gasteiger partial charge in [-0.1, -0.05) is 207 Å². The SMILES string of the molecule is CC1/C=C(c2ccc(N(c3ccc(-c4ccccc4)cc3)c3ccc4c(c3)C(c3ccccc3)(c3ccccc3)c3ccccc3-4)cc2)\C=C/CN(c2ccccc2)c2ccccc21. The van der Waals surface area contributed by atoms with Crippen LogP contribution in [-0.2, 0) is 5.41 Å². The van der Waals surface area contributed by atoms with Crippen molar-refractivity contribution in [2.24, 2.45) is 0 Å². The molecule has 2 heteroatoms. The summed E-state index contributed by atoms with van der Waals surface area (Å²) < 4.78 is 0. The minimum absolute atomic E-state index is 0.199. The molecule has 306 valence electrons. The molecule has 1 aliphatic carbocycles. The van der Waals surface area contributed by atoms with E-state index in [1.54, 1.807) is 0 Å². The maximum atomic E-state index is 2.45. The molecule has 1 heterocycles. The molecule has 0 spiro atoms. The summed E-state index contributed by atoms with van der Waals surface area (Å²) in [5.74, 6) is 0.199. The summed E-state index contributed by atoms with van der Waals surface area (Å²) in [7, 11) is 0. The van der Waals surface area contributed by atoms with Gasteiger partial charge in [0.1, 0.15) is 0 Å². The van der Waals surface area contributed by atoms with Gasteiger partial charge in [-0.2, -0.15) is 0 Å². The number of allylic oxidation sites excluding steroid dienone is 3. The topological polar surface area (TPSA) is 6.48 Å². The lowest BCUT2D eigenvalue weighted by atomic mass is 9.67. The van der Waals surface area contributed by atoms with Crippen LogP contribution in [0.1, 0.15) is 46.2 Å². The second-order valence-corrected chi connectivity index (χ2v) is 16.9. The summed E-state index contributed by atoms with van der Waals surface area (Å²) in [6.07, 6.45) is 7.03. The lowest BCUT2D eigenvalue weighted by Crippen LogP contribution is -2.28. The Morgan fingerprint density at radius 2 is 0.969 bits per heavy atom. The quantitative estimate of drug-likeness (QED) is 0.151. The summed E-state index contributed by atoms with van der Waals surface area (Å²) in [6, 6.07) is 86.6. The largest absolute Gasteiger partial charge is 0.337 e. The number of fused-ring (bicyclic) bond motifs is 4. The molecule has 0 N–H and O–H groups in total. The Labute approximate surface area is 377 Å².